The summed E-state index contributed by atoms with van der Waals surface area (Å²) < 4.78 is 32.1. The van der Waals surface area contributed by atoms with Gasteiger partial charge in [-0.25, -0.2) is 8.78 Å². The molecule has 0 amide bonds. The first-order valence-corrected chi connectivity index (χ1v) is 8.14. The summed E-state index contributed by atoms with van der Waals surface area (Å²) >= 11 is 6.24. The molecule has 3 rings (SSSR count). The Labute approximate surface area is 150 Å². The predicted molar refractivity (Wildman–Crippen MR) is 95.9 cm³/mol. The lowest BCUT2D eigenvalue weighted by Crippen LogP contribution is -2.01. The van der Waals surface area contributed by atoms with Crippen LogP contribution in [0.2, 0.25) is 5.02 Å². The Kier molecular flexibility index (Phi) is 5.51. The number of halogens is 3. The summed E-state index contributed by atoms with van der Waals surface area (Å²) in [6.07, 6.45) is 0. The number of hydrogen-bond acceptors (Lipinski definition) is 2. The first kappa shape index (κ1) is 17.2. The average Bonchev–Trinajstić information content (AvgIpc) is 2.62. The molecule has 0 aliphatic heterocycles. The van der Waals surface area contributed by atoms with Gasteiger partial charge in [-0.1, -0.05) is 35.9 Å². The van der Waals surface area contributed by atoms with Crippen LogP contribution in [0.4, 0.5) is 14.5 Å². The molecule has 0 unspecified atom stereocenters. The first-order chi connectivity index (χ1) is 12.1. The fraction of sp³-hybridized carbons (Fsp3) is 0.100. The van der Waals surface area contributed by atoms with Gasteiger partial charge in [0.1, 0.15) is 24.0 Å². The molecular formula is C20H16ClF2NO. The van der Waals surface area contributed by atoms with Crippen LogP contribution in [-0.4, -0.2) is 0 Å². The van der Waals surface area contributed by atoms with E-state index in [1.807, 2.05) is 6.07 Å². The van der Waals surface area contributed by atoms with Crippen molar-refractivity contribution in [2.24, 2.45) is 0 Å². The Balaban J connectivity index is 1.60. The lowest BCUT2D eigenvalue weighted by Gasteiger charge is -2.11. The molecule has 0 bridgehead atoms. The van der Waals surface area contributed by atoms with Crippen molar-refractivity contribution in [2.45, 2.75) is 13.2 Å². The molecule has 3 aromatic rings. The van der Waals surface area contributed by atoms with Crippen LogP contribution in [0.5, 0.6) is 5.75 Å². The summed E-state index contributed by atoms with van der Waals surface area (Å²) in [5.74, 6) is -0.0841. The second-order valence-corrected chi connectivity index (χ2v) is 5.91. The van der Waals surface area contributed by atoms with Gasteiger partial charge in [0.15, 0.2) is 0 Å². The zero-order valence-corrected chi connectivity index (χ0v) is 14.1. The van der Waals surface area contributed by atoms with Gasteiger partial charge < -0.3 is 10.1 Å². The minimum atomic E-state index is -0.307. The summed E-state index contributed by atoms with van der Waals surface area (Å²) in [7, 11) is 0. The van der Waals surface area contributed by atoms with Crippen LogP contribution in [-0.2, 0) is 13.2 Å². The summed E-state index contributed by atoms with van der Waals surface area (Å²) in [6.45, 7) is 0.651. The van der Waals surface area contributed by atoms with Crippen molar-refractivity contribution in [3.63, 3.8) is 0 Å². The van der Waals surface area contributed by atoms with E-state index in [0.29, 0.717) is 22.9 Å². The van der Waals surface area contributed by atoms with Gasteiger partial charge in [0.2, 0.25) is 0 Å². The van der Waals surface area contributed by atoms with Gasteiger partial charge >= 0.3 is 0 Å². The number of ether oxygens (including phenoxy) is 1. The normalized spacial score (nSPS) is 10.5. The molecule has 3 aromatic carbocycles. The molecule has 0 saturated heterocycles. The van der Waals surface area contributed by atoms with Crippen molar-refractivity contribution in [3.05, 3.63) is 94.5 Å². The summed E-state index contributed by atoms with van der Waals surface area (Å²) in [6, 6.07) is 18.0. The number of nitrogens with one attached hydrogen (secondary N) is 1. The van der Waals surface area contributed by atoms with E-state index in [9.17, 15) is 8.78 Å². The van der Waals surface area contributed by atoms with E-state index in [1.54, 1.807) is 42.5 Å². The lowest BCUT2D eigenvalue weighted by atomic mass is 10.2. The number of benzene rings is 3. The van der Waals surface area contributed by atoms with Crippen LogP contribution in [0.3, 0.4) is 0 Å². The Morgan fingerprint density at radius 3 is 2.40 bits per heavy atom. The predicted octanol–water partition coefficient (Wildman–Crippen LogP) is 5.81. The molecule has 0 fully saturated rings. The van der Waals surface area contributed by atoms with Crippen LogP contribution in [0.1, 0.15) is 11.1 Å². The topological polar surface area (TPSA) is 21.3 Å². The highest BCUT2D eigenvalue weighted by Gasteiger charge is 2.06. The van der Waals surface area contributed by atoms with Crippen molar-refractivity contribution in [1.29, 1.82) is 0 Å². The second kappa shape index (κ2) is 7.99. The van der Waals surface area contributed by atoms with Gasteiger partial charge in [-0.15, -0.1) is 0 Å². The molecule has 25 heavy (non-hydrogen) atoms. The molecule has 0 heterocycles. The van der Waals surface area contributed by atoms with Gasteiger partial charge in [-0.3, -0.25) is 0 Å². The summed E-state index contributed by atoms with van der Waals surface area (Å²) in [5.41, 5.74) is 2.24. The monoisotopic (exact) mass is 359 g/mol. The maximum Gasteiger partial charge on any atom is 0.138 e. The van der Waals surface area contributed by atoms with Crippen molar-refractivity contribution in [2.75, 3.05) is 5.32 Å². The van der Waals surface area contributed by atoms with E-state index in [4.69, 9.17) is 16.3 Å². The average molecular weight is 360 g/mol. The van der Waals surface area contributed by atoms with E-state index >= 15 is 0 Å². The molecule has 2 nitrogen and oxygen atoms in total. The minimum absolute atomic E-state index is 0.111. The van der Waals surface area contributed by atoms with E-state index < -0.39 is 0 Å². The molecule has 0 aromatic heterocycles. The highest BCUT2D eigenvalue weighted by Crippen LogP contribution is 2.27. The zero-order valence-electron chi connectivity index (χ0n) is 13.3. The number of anilines is 1. The van der Waals surface area contributed by atoms with Crippen molar-refractivity contribution in [1.82, 2.24) is 0 Å². The minimum Gasteiger partial charge on any atom is -0.487 e. The van der Waals surface area contributed by atoms with Gasteiger partial charge in [-0.2, -0.15) is 0 Å². The summed E-state index contributed by atoms with van der Waals surface area (Å²) in [4.78, 5) is 0. The Hall–Kier alpha value is -2.59. The van der Waals surface area contributed by atoms with Crippen LogP contribution in [0.15, 0.2) is 66.7 Å². The Morgan fingerprint density at radius 1 is 0.920 bits per heavy atom. The molecule has 0 radical (unpaired) electrons. The first-order valence-electron chi connectivity index (χ1n) is 7.76. The van der Waals surface area contributed by atoms with E-state index in [0.717, 1.165) is 11.3 Å². The second-order valence-electron chi connectivity index (χ2n) is 5.51. The van der Waals surface area contributed by atoms with Gasteiger partial charge in [0.25, 0.3) is 0 Å². The quantitative estimate of drug-likeness (QED) is 0.599. The lowest BCUT2D eigenvalue weighted by molar-refractivity contribution is 0.300. The third-order valence-electron chi connectivity index (χ3n) is 3.68. The van der Waals surface area contributed by atoms with E-state index in [1.165, 1.54) is 18.2 Å². The third-order valence-corrected chi connectivity index (χ3v) is 3.97. The highest BCUT2D eigenvalue weighted by molar-refractivity contribution is 6.32. The van der Waals surface area contributed by atoms with E-state index in [-0.39, 0.29) is 18.2 Å². The zero-order chi connectivity index (χ0) is 17.6. The Morgan fingerprint density at radius 2 is 1.68 bits per heavy atom. The molecule has 0 atom stereocenters. The fourth-order valence-corrected chi connectivity index (χ4v) is 2.57. The Bertz CT molecular complexity index is 853. The van der Waals surface area contributed by atoms with Crippen molar-refractivity contribution >= 4 is 17.3 Å². The largest absolute Gasteiger partial charge is 0.487 e. The SMILES string of the molecule is Fc1ccc(NCc2ccc(OCc3ccccc3F)c(Cl)c2)cc1. The highest BCUT2D eigenvalue weighted by atomic mass is 35.5. The molecule has 5 heteroatoms. The summed E-state index contributed by atoms with van der Waals surface area (Å²) in [5, 5.41) is 3.64. The van der Waals surface area contributed by atoms with Crippen molar-refractivity contribution < 1.29 is 13.5 Å². The molecule has 0 spiro atoms. The maximum atomic E-state index is 13.6. The number of rotatable bonds is 6. The van der Waals surface area contributed by atoms with Crippen molar-refractivity contribution in [3.8, 4) is 5.75 Å². The smallest absolute Gasteiger partial charge is 0.138 e. The standard InChI is InChI=1S/C20H16ClF2NO/c21-18-11-14(12-24-17-8-6-16(22)7-9-17)5-10-20(18)25-13-15-3-1-2-4-19(15)23/h1-11,24H,12-13H2. The van der Waals surface area contributed by atoms with Crippen LogP contribution in [0, 0.1) is 11.6 Å². The maximum absolute atomic E-state index is 13.6. The van der Waals surface area contributed by atoms with Crippen LogP contribution < -0.4 is 10.1 Å². The molecule has 0 saturated carbocycles. The van der Waals surface area contributed by atoms with Gasteiger partial charge in [-0.05, 0) is 48.0 Å². The molecule has 0 aliphatic rings. The van der Waals surface area contributed by atoms with Crippen LogP contribution in [0.25, 0.3) is 0 Å². The number of hydrogen-bond donors (Lipinski definition) is 1. The molecule has 0 aliphatic carbocycles. The molecule has 1 N–H and O–H groups in total. The van der Waals surface area contributed by atoms with E-state index in [2.05, 4.69) is 5.32 Å². The molecular weight excluding hydrogens is 344 g/mol. The van der Waals surface area contributed by atoms with Gasteiger partial charge in [0.05, 0.1) is 5.02 Å². The third kappa shape index (κ3) is 4.70. The van der Waals surface area contributed by atoms with Crippen LogP contribution >= 0.6 is 11.6 Å². The fourth-order valence-electron chi connectivity index (χ4n) is 2.31. The molecule has 128 valence electrons. The van der Waals surface area contributed by atoms with Gasteiger partial charge in [0, 0.05) is 17.8 Å².